The largest absolute Gasteiger partial charge is 0.278 e. The number of hydrogen-bond donors (Lipinski definition) is 1. The van der Waals surface area contributed by atoms with Crippen LogP contribution in [0, 0.1) is 0 Å². The molecule has 0 aliphatic carbocycles. The van der Waals surface area contributed by atoms with Gasteiger partial charge in [-0.05, 0) is 5.56 Å². The Bertz CT molecular complexity index is 162. The Hall–Kier alpha value is -0.470. The molecule has 1 aromatic carbocycles. The van der Waals surface area contributed by atoms with E-state index in [4.69, 9.17) is 5.14 Å². The highest BCUT2D eigenvalue weighted by Gasteiger charge is 1.85. The van der Waals surface area contributed by atoms with Gasteiger partial charge in [0.1, 0.15) is 0 Å². The average Bonchev–Trinajstić information content (AvgIpc) is 2.11. The fourth-order valence-electron chi connectivity index (χ4n) is 0.670. The van der Waals surface area contributed by atoms with Gasteiger partial charge in [-0.1, -0.05) is 56.1 Å². The fourth-order valence-corrected chi connectivity index (χ4v) is 1.06. The van der Waals surface area contributed by atoms with Gasteiger partial charge in [0.05, 0.1) is 0 Å². The molecule has 62 valence electrons. The molecule has 0 amide bonds. The summed E-state index contributed by atoms with van der Waals surface area (Å²) in [5, 5.41) is 5.28. The number of rotatable bonds is 2. The van der Waals surface area contributed by atoms with Crippen LogP contribution in [-0.2, 0) is 5.75 Å². The molecule has 0 unspecified atom stereocenters. The predicted molar refractivity (Wildman–Crippen MR) is 53.3 cm³/mol. The molecule has 0 aliphatic rings. The van der Waals surface area contributed by atoms with Crippen molar-refractivity contribution < 1.29 is 0 Å². The quantitative estimate of drug-likeness (QED) is 0.689. The van der Waals surface area contributed by atoms with Crippen molar-refractivity contribution in [1.82, 2.24) is 0 Å². The molecule has 1 aromatic rings. The van der Waals surface area contributed by atoms with Crippen molar-refractivity contribution in [2.75, 3.05) is 0 Å². The minimum absolute atomic E-state index is 0.904. The molecule has 1 nitrogen and oxygen atoms in total. The van der Waals surface area contributed by atoms with Gasteiger partial charge in [0, 0.05) is 5.75 Å². The molecule has 0 aromatic heterocycles. The zero-order valence-corrected chi connectivity index (χ0v) is 7.90. The summed E-state index contributed by atoms with van der Waals surface area (Å²) in [5.41, 5.74) is 1.28. The van der Waals surface area contributed by atoms with Gasteiger partial charge in [-0.25, -0.2) is 0 Å². The third-order valence-corrected chi connectivity index (χ3v) is 1.59. The maximum absolute atomic E-state index is 5.28. The molecule has 1 rings (SSSR count). The summed E-state index contributed by atoms with van der Waals surface area (Å²) in [6.45, 7) is 4.00. The molecular weight excluding hydrogens is 154 g/mol. The maximum atomic E-state index is 5.28. The van der Waals surface area contributed by atoms with Crippen molar-refractivity contribution in [3.05, 3.63) is 35.9 Å². The van der Waals surface area contributed by atoms with E-state index < -0.39 is 0 Å². The van der Waals surface area contributed by atoms with Gasteiger partial charge in [0.2, 0.25) is 0 Å². The Balaban J connectivity index is 0.000000461. The molecule has 0 aliphatic heterocycles. The van der Waals surface area contributed by atoms with Crippen LogP contribution in [0.2, 0.25) is 0 Å². The Morgan fingerprint density at radius 2 is 1.73 bits per heavy atom. The highest BCUT2D eigenvalue weighted by atomic mass is 32.2. The van der Waals surface area contributed by atoms with Gasteiger partial charge in [0.15, 0.2) is 0 Å². The second kappa shape index (κ2) is 7.63. The Morgan fingerprint density at radius 3 is 2.18 bits per heavy atom. The normalized spacial score (nSPS) is 8.27. The van der Waals surface area contributed by atoms with E-state index in [9.17, 15) is 0 Å². The van der Waals surface area contributed by atoms with Crippen molar-refractivity contribution in [3.8, 4) is 0 Å². The van der Waals surface area contributed by atoms with Crippen LogP contribution in [0.4, 0.5) is 0 Å². The molecule has 11 heavy (non-hydrogen) atoms. The van der Waals surface area contributed by atoms with Crippen LogP contribution in [-0.4, -0.2) is 0 Å². The molecular formula is C9H15NS. The monoisotopic (exact) mass is 169 g/mol. The molecule has 2 N–H and O–H groups in total. The smallest absolute Gasteiger partial charge is 0.0328 e. The van der Waals surface area contributed by atoms with Crippen molar-refractivity contribution >= 4 is 11.9 Å². The minimum atomic E-state index is 0.904. The lowest BCUT2D eigenvalue weighted by Gasteiger charge is -1.93. The molecule has 2 heteroatoms. The van der Waals surface area contributed by atoms with Crippen molar-refractivity contribution in [2.24, 2.45) is 5.14 Å². The predicted octanol–water partition coefficient (Wildman–Crippen LogP) is 2.82. The van der Waals surface area contributed by atoms with E-state index in [2.05, 4.69) is 12.1 Å². The summed E-state index contributed by atoms with van der Waals surface area (Å²) in [6.07, 6.45) is 0. The zero-order chi connectivity index (χ0) is 8.53. The lowest BCUT2D eigenvalue weighted by atomic mass is 10.2. The minimum Gasteiger partial charge on any atom is -0.278 e. The summed E-state index contributed by atoms with van der Waals surface area (Å²) in [7, 11) is 0. The highest BCUT2D eigenvalue weighted by molar-refractivity contribution is 7.96. The first-order valence-corrected chi connectivity index (χ1v) is 4.84. The van der Waals surface area contributed by atoms with Crippen molar-refractivity contribution in [2.45, 2.75) is 19.6 Å². The highest BCUT2D eigenvalue weighted by Crippen LogP contribution is 2.04. The molecule has 0 fully saturated rings. The lowest BCUT2D eigenvalue weighted by molar-refractivity contribution is 1.41. The van der Waals surface area contributed by atoms with E-state index in [1.807, 2.05) is 32.0 Å². The SMILES string of the molecule is CC.NSCc1ccccc1. The lowest BCUT2D eigenvalue weighted by Crippen LogP contribution is -1.82. The standard InChI is InChI=1S/C7H9NS.C2H6/c8-9-6-7-4-2-1-3-5-7;1-2/h1-5H,6,8H2;1-2H3. The fraction of sp³-hybridized carbons (Fsp3) is 0.333. The summed E-state index contributed by atoms with van der Waals surface area (Å²) < 4.78 is 0. The molecule has 0 saturated heterocycles. The van der Waals surface area contributed by atoms with Crippen molar-refractivity contribution in [1.29, 1.82) is 0 Å². The first kappa shape index (κ1) is 10.5. The van der Waals surface area contributed by atoms with Gasteiger partial charge < -0.3 is 0 Å². The van der Waals surface area contributed by atoms with Crippen LogP contribution in [0.25, 0.3) is 0 Å². The molecule has 0 saturated carbocycles. The zero-order valence-electron chi connectivity index (χ0n) is 7.08. The van der Waals surface area contributed by atoms with Gasteiger partial charge in [-0.2, -0.15) is 0 Å². The van der Waals surface area contributed by atoms with Gasteiger partial charge in [-0.15, -0.1) is 0 Å². The van der Waals surface area contributed by atoms with Crippen molar-refractivity contribution in [3.63, 3.8) is 0 Å². The Kier molecular flexibility index (Phi) is 7.31. The maximum Gasteiger partial charge on any atom is 0.0328 e. The van der Waals surface area contributed by atoms with Crippen LogP contribution in [0.1, 0.15) is 19.4 Å². The van der Waals surface area contributed by atoms with Crippen LogP contribution in [0.5, 0.6) is 0 Å². The average molecular weight is 169 g/mol. The molecule has 0 atom stereocenters. The first-order chi connectivity index (χ1) is 5.43. The molecule has 0 radical (unpaired) electrons. The van der Waals surface area contributed by atoms with Crippen LogP contribution in [0.3, 0.4) is 0 Å². The van der Waals surface area contributed by atoms with E-state index in [0.717, 1.165) is 5.75 Å². The molecule has 0 heterocycles. The second-order valence-electron chi connectivity index (χ2n) is 1.80. The number of nitrogens with two attached hydrogens (primary N) is 1. The van der Waals surface area contributed by atoms with Gasteiger partial charge in [-0.3, -0.25) is 5.14 Å². The summed E-state index contributed by atoms with van der Waals surface area (Å²) >= 11 is 1.35. The van der Waals surface area contributed by atoms with Crippen LogP contribution in [0.15, 0.2) is 30.3 Å². The summed E-state index contributed by atoms with van der Waals surface area (Å²) in [4.78, 5) is 0. The topological polar surface area (TPSA) is 26.0 Å². The van der Waals surface area contributed by atoms with E-state index in [1.165, 1.54) is 17.5 Å². The Morgan fingerprint density at radius 1 is 1.18 bits per heavy atom. The third-order valence-electron chi connectivity index (χ3n) is 1.09. The number of hydrogen-bond acceptors (Lipinski definition) is 2. The molecule has 0 bridgehead atoms. The van der Waals surface area contributed by atoms with E-state index >= 15 is 0 Å². The van der Waals surface area contributed by atoms with Crippen LogP contribution >= 0.6 is 11.9 Å². The number of benzene rings is 1. The summed E-state index contributed by atoms with van der Waals surface area (Å²) in [6, 6.07) is 10.2. The Labute approximate surface area is 73.1 Å². The molecule has 0 spiro atoms. The summed E-state index contributed by atoms with van der Waals surface area (Å²) in [5.74, 6) is 0.904. The van der Waals surface area contributed by atoms with Crippen LogP contribution < -0.4 is 5.14 Å². The van der Waals surface area contributed by atoms with E-state index in [-0.39, 0.29) is 0 Å². The van der Waals surface area contributed by atoms with E-state index in [0.29, 0.717) is 0 Å². The van der Waals surface area contributed by atoms with Gasteiger partial charge >= 0.3 is 0 Å². The third kappa shape index (κ3) is 4.87. The second-order valence-corrected chi connectivity index (χ2v) is 2.42. The van der Waals surface area contributed by atoms with Gasteiger partial charge in [0.25, 0.3) is 0 Å². The van der Waals surface area contributed by atoms with E-state index in [1.54, 1.807) is 0 Å². The first-order valence-electron chi connectivity index (χ1n) is 3.79.